The second-order valence-electron chi connectivity index (χ2n) is 8.03. The molecule has 0 nitrogen and oxygen atoms in total. The van der Waals surface area contributed by atoms with Crippen LogP contribution >= 0.6 is 17.8 Å². The molecule has 2 heteroatoms. The molecular formula is C21H46P2. The first kappa shape index (κ1) is 23.9. The molecule has 3 atom stereocenters. The summed E-state index contributed by atoms with van der Waals surface area (Å²) >= 11 is 0. The Morgan fingerprint density at radius 1 is 0.696 bits per heavy atom. The Labute approximate surface area is 152 Å². The minimum atomic E-state index is 0.529. The van der Waals surface area contributed by atoms with Crippen molar-refractivity contribution in [2.75, 3.05) is 6.16 Å². The summed E-state index contributed by atoms with van der Waals surface area (Å²) in [6.45, 7) is 9.48. The standard InChI is InChI=1S/C21H46P2/c1-5-6-7-8-9-10-11-12-13-14-15-16-17-18-19-23-21(3,4)20(2)22/h20,23H,5-19,22H2,1-4H3. The number of hydrogen-bond donors (Lipinski definition) is 0. The lowest BCUT2D eigenvalue weighted by atomic mass is 10.0. The molecule has 0 saturated carbocycles. The first-order valence-electron chi connectivity index (χ1n) is 10.5. The van der Waals surface area contributed by atoms with Crippen LogP contribution in [-0.2, 0) is 0 Å². The van der Waals surface area contributed by atoms with Crippen LogP contribution in [0.5, 0.6) is 0 Å². The van der Waals surface area contributed by atoms with E-state index in [2.05, 4.69) is 36.9 Å². The van der Waals surface area contributed by atoms with Crippen LogP contribution < -0.4 is 0 Å². The Balaban J connectivity index is 3.14. The van der Waals surface area contributed by atoms with E-state index < -0.39 is 0 Å². The molecule has 0 aromatic heterocycles. The molecule has 3 unspecified atom stereocenters. The molecule has 0 heterocycles. The van der Waals surface area contributed by atoms with Gasteiger partial charge in [-0.1, -0.05) is 111 Å². The zero-order chi connectivity index (χ0) is 17.4. The lowest BCUT2D eigenvalue weighted by Gasteiger charge is -2.29. The fourth-order valence-corrected chi connectivity index (χ4v) is 4.64. The highest BCUT2D eigenvalue weighted by atomic mass is 31.1. The maximum absolute atomic E-state index is 2.98. The van der Waals surface area contributed by atoms with Crippen LogP contribution in [0.4, 0.5) is 0 Å². The van der Waals surface area contributed by atoms with E-state index in [1.165, 1.54) is 96.1 Å². The van der Waals surface area contributed by atoms with E-state index in [9.17, 15) is 0 Å². The summed E-state index contributed by atoms with van der Waals surface area (Å²) in [5.41, 5.74) is 0.743. The molecule has 23 heavy (non-hydrogen) atoms. The number of unbranched alkanes of at least 4 members (excludes halogenated alkanes) is 13. The first-order chi connectivity index (χ1) is 11.0. The maximum atomic E-state index is 2.98. The van der Waals surface area contributed by atoms with Crippen molar-refractivity contribution in [1.82, 2.24) is 0 Å². The molecule has 0 aliphatic carbocycles. The molecule has 0 radical (unpaired) electrons. The van der Waals surface area contributed by atoms with E-state index in [4.69, 9.17) is 0 Å². The van der Waals surface area contributed by atoms with E-state index in [-0.39, 0.29) is 0 Å². The van der Waals surface area contributed by atoms with Gasteiger partial charge in [0.25, 0.3) is 0 Å². The Hall–Kier alpha value is 0.860. The SMILES string of the molecule is CCCCCCCCCCCCCCCCPC(C)(C)C(C)P. The first-order valence-corrected chi connectivity index (χ1v) is 12.4. The minimum absolute atomic E-state index is 0.529. The molecule has 0 saturated heterocycles. The van der Waals surface area contributed by atoms with Crippen molar-refractivity contribution in [3.05, 3.63) is 0 Å². The molecule has 140 valence electrons. The maximum Gasteiger partial charge on any atom is -0.0118 e. The van der Waals surface area contributed by atoms with Gasteiger partial charge in [-0.2, -0.15) is 0 Å². The molecule has 0 amide bonds. The average Bonchev–Trinajstić information content (AvgIpc) is 2.51. The van der Waals surface area contributed by atoms with Gasteiger partial charge in [-0.05, 0) is 23.4 Å². The van der Waals surface area contributed by atoms with Gasteiger partial charge in [-0.25, -0.2) is 0 Å². The van der Waals surface area contributed by atoms with Gasteiger partial charge in [0.1, 0.15) is 0 Å². The van der Waals surface area contributed by atoms with Crippen molar-refractivity contribution < 1.29 is 0 Å². The molecule has 0 aromatic carbocycles. The smallest absolute Gasteiger partial charge is 0.0118 e. The second kappa shape index (κ2) is 16.3. The molecule has 0 spiro atoms. The van der Waals surface area contributed by atoms with E-state index >= 15 is 0 Å². The molecule has 0 N–H and O–H groups in total. The highest BCUT2D eigenvalue weighted by Gasteiger charge is 2.21. The molecule has 0 bridgehead atoms. The third-order valence-corrected chi connectivity index (χ3v) is 8.39. The van der Waals surface area contributed by atoms with Crippen LogP contribution in [0.1, 0.15) is 118 Å². The van der Waals surface area contributed by atoms with Gasteiger partial charge in [-0.15, -0.1) is 17.8 Å². The van der Waals surface area contributed by atoms with Gasteiger partial charge >= 0.3 is 0 Å². The topological polar surface area (TPSA) is 0 Å². The van der Waals surface area contributed by atoms with Crippen LogP contribution in [0.15, 0.2) is 0 Å². The summed E-state index contributed by atoms with van der Waals surface area (Å²) in [6.07, 6.45) is 21.9. The normalized spacial score (nSPS) is 14.0. The Bertz CT molecular complexity index is 236. The predicted molar refractivity (Wildman–Crippen MR) is 117 cm³/mol. The Morgan fingerprint density at radius 3 is 1.39 bits per heavy atom. The lowest BCUT2D eigenvalue weighted by Crippen LogP contribution is -2.23. The van der Waals surface area contributed by atoms with Crippen LogP contribution in [0.3, 0.4) is 0 Å². The molecule has 0 aliphatic heterocycles. The zero-order valence-corrected chi connectivity index (χ0v) is 18.9. The Morgan fingerprint density at radius 2 is 1.04 bits per heavy atom. The van der Waals surface area contributed by atoms with Crippen molar-refractivity contribution in [2.45, 2.75) is 128 Å². The van der Waals surface area contributed by atoms with Gasteiger partial charge in [0.15, 0.2) is 0 Å². The highest BCUT2D eigenvalue weighted by molar-refractivity contribution is 7.41. The highest BCUT2D eigenvalue weighted by Crippen LogP contribution is 2.38. The van der Waals surface area contributed by atoms with E-state index in [0.29, 0.717) is 5.16 Å². The molecule has 0 rings (SSSR count). The molecule has 0 aliphatic rings. The molecular weight excluding hydrogens is 314 g/mol. The van der Waals surface area contributed by atoms with Crippen molar-refractivity contribution in [1.29, 1.82) is 0 Å². The van der Waals surface area contributed by atoms with Gasteiger partial charge < -0.3 is 0 Å². The molecule has 0 aromatic rings. The summed E-state index contributed by atoms with van der Waals surface area (Å²) in [5.74, 6) is 0. The van der Waals surface area contributed by atoms with E-state index in [1.807, 2.05) is 0 Å². The van der Waals surface area contributed by atoms with Gasteiger partial charge in [-0.3, -0.25) is 0 Å². The van der Waals surface area contributed by atoms with Crippen molar-refractivity contribution >= 4 is 17.8 Å². The van der Waals surface area contributed by atoms with Crippen LogP contribution in [-0.4, -0.2) is 17.0 Å². The van der Waals surface area contributed by atoms with Gasteiger partial charge in [0, 0.05) is 0 Å². The van der Waals surface area contributed by atoms with E-state index in [0.717, 1.165) is 14.2 Å². The lowest BCUT2D eigenvalue weighted by molar-refractivity contribution is 0.538. The fourth-order valence-electron chi connectivity index (χ4n) is 2.89. The Kier molecular flexibility index (Phi) is 16.9. The minimum Gasteiger partial charge on any atom is -0.134 e. The number of hydrogen-bond acceptors (Lipinski definition) is 0. The third kappa shape index (κ3) is 16.1. The van der Waals surface area contributed by atoms with Gasteiger partial charge in [0.05, 0.1) is 0 Å². The van der Waals surface area contributed by atoms with Crippen LogP contribution in [0.25, 0.3) is 0 Å². The van der Waals surface area contributed by atoms with Crippen molar-refractivity contribution in [2.24, 2.45) is 0 Å². The van der Waals surface area contributed by atoms with Gasteiger partial charge in [0.2, 0.25) is 0 Å². The summed E-state index contributed by atoms with van der Waals surface area (Å²) in [4.78, 5) is 0. The fraction of sp³-hybridized carbons (Fsp3) is 1.00. The summed E-state index contributed by atoms with van der Waals surface area (Å²) < 4.78 is 0. The number of rotatable bonds is 17. The van der Waals surface area contributed by atoms with Crippen molar-refractivity contribution in [3.63, 3.8) is 0 Å². The average molecular weight is 361 g/mol. The summed E-state index contributed by atoms with van der Waals surface area (Å²) in [7, 11) is 4.11. The van der Waals surface area contributed by atoms with Crippen LogP contribution in [0, 0.1) is 0 Å². The quantitative estimate of drug-likeness (QED) is 0.181. The predicted octanol–water partition coefficient (Wildman–Crippen LogP) is 8.19. The summed E-state index contributed by atoms with van der Waals surface area (Å²) in [6, 6.07) is 0. The summed E-state index contributed by atoms with van der Waals surface area (Å²) in [5, 5.41) is 0.529. The largest absolute Gasteiger partial charge is 0.134 e. The van der Waals surface area contributed by atoms with Crippen molar-refractivity contribution in [3.8, 4) is 0 Å². The zero-order valence-electron chi connectivity index (χ0n) is 16.8. The second-order valence-corrected chi connectivity index (χ2v) is 11.2. The monoisotopic (exact) mass is 360 g/mol. The molecule has 0 fully saturated rings. The van der Waals surface area contributed by atoms with E-state index in [1.54, 1.807) is 0 Å². The third-order valence-electron chi connectivity index (χ3n) is 5.25. The van der Waals surface area contributed by atoms with Crippen LogP contribution in [0.2, 0.25) is 0 Å².